The zero-order valence-electron chi connectivity index (χ0n) is 26.3. The average Bonchev–Trinajstić information content (AvgIpc) is 3.56. The van der Waals surface area contributed by atoms with Gasteiger partial charge >= 0.3 is 41.8 Å². The highest BCUT2D eigenvalue weighted by Gasteiger charge is 2.54. The van der Waals surface area contributed by atoms with E-state index in [1.54, 1.807) is 7.05 Å². The Bertz CT molecular complexity index is 1810. The van der Waals surface area contributed by atoms with E-state index in [2.05, 4.69) is 4.98 Å². The molecule has 4 rings (SSSR count). The molecule has 18 heteroatoms. The van der Waals surface area contributed by atoms with Crippen LogP contribution in [0.2, 0.25) is 0 Å². The molecule has 47 heavy (non-hydrogen) atoms. The molecule has 0 aromatic carbocycles. The minimum absolute atomic E-state index is 0.0860. The zero-order valence-corrected chi connectivity index (χ0v) is 26.3. The largest absolute Gasteiger partial charge is 0.464 e. The zero-order chi connectivity index (χ0) is 34.4. The van der Waals surface area contributed by atoms with Crippen molar-refractivity contribution in [3.05, 3.63) is 57.3 Å². The Morgan fingerprint density at radius 2 is 1.62 bits per heavy atom. The highest BCUT2D eigenvalue weighted by Crippen LogP contribution is 2.31. The molecule has 18 nitrogen and oxygen atoms in total. The summed E-state index contributed by atoms with van der Waals surface area (Å²) in [5.74, 6) is -3.53. The molecule has 0 aliphatic carbocycles. The number of esters is 5. The fraction of sp³-hybridized carbons (Fsp3) is 0.483. The number of carbonyl (C=O) groups excluding carboxylic acids is 5. The number of fused-ring (bicyclic) bond motifs is 1. The summed E-state index contributed by atoms with van der Waals surface area (Å²) in [7, 11) is 3.02. The van der Waals surface area contributed by atoms with Gasteiger partial charge in [-0.25, -0.2) is 19.1 Å². The molecule has 3 aromatic heterocycles. The summed E-state index contributed by atoms with van der Waals surface area (Å²) in [5.41, 5.74) is -0.980. The van der Waals surface area contributed by atoms with E-state index in [0.29, 0.717) is 0 Å². The number of aryl methyl sites for hydroxylation is 2. The smallest absolute Gasteiger partial charge is 0.344 e. The summed E-state index contributed by atoms with van der Waals surface area (Å²) < 4.78 is 37.0. The van der Waals surface area contributed by atoms with Crippen LogP contribution >= 0.6 is 0 Å². The molecule has 1 saturated heterocycles. The van der Waals surface area contributed by atoms with Crippen LogP contribution in [-0.2, 0) is 68.2 Å². The second-order valence-corrected chi connectivity index (χ2v) is 10.5. The van der Waals surface area contributed by atoms with E-state index in [-0.39, 0.29) is 43.0 Å². The number of aromatic nitrogens is 5. The van der Waals surface area contributed by atoms with Crippen molar-refractivity contribution < 1.29 is 57.0 Å². The van der Waals surface area contributed by atoms with E-state index < -0.39 is 72.2 Å². The highest BCUT2D eigenvalue weighted by molar-refractivity contribution is 5.88. The van der Waals surface area contributed by atoms with Crippen molar-refractivity contribution in [2.75, 3.05) is 19.8 Å². The van der Waals surface area contributed by atoms with Gasteiger partial charge in [-0.15, -0.1) is 0 Å². The van der Waals surface area contributed by atoms with Gasteiger partial charge in [0.15, 0.2) is 29.7 Å². The topological polar surface area (TPSA) is 206 Å². The predicted molar refractivity (Wildman–Crippen MR) is 154 cm³/mol. The fourth-order valence-corrected chi connectivity index (χ4v) is 4.91. The Balaban J connectivity index is 1.35. The highest BCUT2D eigenvalue weighted by atomic mass is 16.7. The van der Waals surface area contributed by atoms with E-state index in [1.165, 1.54) is 60.9 Å². The molecular formula is C29H34N5O13+. The summed E-state index contributed by atoms with van der Waals surface area (Å²) >= 11 is 0. The second kappa shape index (κ2) is 14.8. The predicted octanol–water partition coefficient (Wildman–Crippen LogP) is -1.16. The summed E-state index contributed by atoms with van der Waals surface area (Å²) in [5, 5.41) is 0. The average molecular weight is 661 g/mol. The molecule has 1 fully saturated rings. The molecule has 0 radical (unpaired) electrons. The van der Waals surface area contributed by atoms with Crippen molar-refractivity contribution in [3.8, 4) is 0 Å². The number of rotatable bonds is 12. The summed E-state index contributed by atoms with van der Waals surface area (Å²) in [6, 6.07) is 2.98. The molecule has 1 aliphatic heterocycles. The SMILES string of the molecule is CC(=O)OC[C@H]1O[C@@H]([n+]2cccc(C(=O)OCCCOC(=O)Cn3c(=O)c4c(ncn4C)n(C)c3=O)c2)[C@H](OC(C)=O)[C@@H]1OC(C)=O. The van der Waals surface area contributed by atoms with Crippen LogP contribution in [0.15, 0.2) is 40.4 Å². The number of ether oxygens (including phenoxy) is 6. The van der Waals surface area contributed by atoms with Crippen molar-refractivity contribution in [3.63, 3.8) is 0 Å². The van der Waals surface area contributed by atoms with Crippen molar-refractivity contribution in [2.45, 2.75) is 58.3 Å². The molecule has 0 bridgehead atoms. The van der Waals surface area contributed by atoms with Gasteiger partial charge in [0, 0.05) is 47.4 Å². The molecule has 0 unspecified atom stereocenters. The van der Waals surface area contributed by atoms with E-state index in [1.807, 2.05) is 0 Å². The van der Waals surface area contributed by atoms with Crippen molar-refractivity contribution in [1.29, 1.82) is 0 Å². The molecule has 4 heterocycles. The Morgan fingerprint density at radius 1 is 0.936 bits per heavy atom. The first-order valence-corrected chi connectivity index (χ1v) is 14.4. The Kier molecular flexibility index (Phi) is 10.9. The molecule has 0 spiro atoms. The van der Waals surface area contributed by atoms with Crippen molar-refractivity contribution in [1.82, 2.24) is 18.7 Å². The molecule has 0 saturated carbocycles. The third-order valence-electron chi connectivity index (χ3n) is 6.97. The van der Waals surface area contributed by atoms with Crippen molar-refractivity contribution >= 4 is 41.0 Å². The van der Waals surface area contributed by atoms with Crippen molar-refractivity contribution in [2.24, 2.45) is 14.1 Å². The third kappa shape index (κ3) is 8.07. The van der Waals surface area contributed by atoms with Crippen LogP contribution in [0.5, 0.6) is 0 Å². The van der Waals surface area contributed by atoms with Gasteiger partial charge in [-0.3, -0.25) is 28.5 Å². The maximum atomic E-state index is 12.8. The van der Waals surface area contributed by atoms with Gasteiger partial charge in [0.2, 0.25) is 6.10 Å². The Labute approximate surface area is 266 Å². The lowest BCUT2D eigenvalue weighted by molar-refractivity contribution is -0.765. The number of nitrogens with zero attached hydrogens (tertiary/aromatic N) is 5. The lowest BCUT2D eigenvalue weighted by atomic mass is 10.1. The minimum atomic E-state index is -1.15. The molecule has 0 amide bonds. The molecule has 3 aromatic rings. The summed E-state index contributed by atoms with van der Waals surface area (Å²) in [4.78, 5) is 89.6. The molecular weight excluding hydrogens is 626 g/mol. The second-order valence-electron chi connectivity index (χ2n) is 10.5. The van der Waals surface area contributed by atoms with E-state index in [4.69, 9.17) is 28.4 Å². The number of pyridine rings is 1. The van der Waals surface area contributed by atoms with Gasteiger partial charge in [0.1, 0.15) is 24.8 Å². The molecule has 4 atom stereocenters. The van der Waals surface area contributed by atoms with Gasteiger partial charge < -0.3 is 33.0 Å². The molecule has 252 valence electrons. The quantitative estimate of drug-likeness (QED) is 0.0972. The Hall–Kier alpha value is -5.39. The number of hydrogen-bond donors (Lipinski definition) is 0. The van der Waals surface area contributed by atoms with Gasteiger partial charge in [0.05, 0.1) is 19.5 Å². The van der Waals surface area contributed by atoms with Crippen LogP contribution in [0.25, 0.3) is 11.2 Å². The van der Waals surface area contributed by atoms with E-state index in [9.17, 15) is 33.6 Å². The van der Waals surface area contributed by atoms with Gasteiger partial charge in [0.25, 0.3) is 5.56 Å². The van der Waals surface area contributed by atoms with Crippen LogP contribution in [-0.4, -0.2) is 86.7 Å². The van der Waals surface area contributed by atoms with Crippen LogP contribution in [0.1, 0.15) is 43.8 Å². The van der Waals surface area contributed by atoms with Crippen LogP contribution < -0.4 is 15.8 Å². The number of hydrogen-bond acceptors (Lipinski definition) is 14. The maximum Gasteiger partial charge on any atom is 0.344 e. The van der Waals surface area contributed by atoms with E-state index in [0.717, 1.165) is 16.1 Å². The van der Waals surface area contributed by atoms with Gasteiger partial charge in [-0.05, 0) is 6.07 Å². The van der Waals surface area contributed by atoms with Crippen LogP contribution in [0.4, 0.5) is 0 Å². The number of imidazole rings is 1. The Morgan fingerprint density at radius 3 is 2.30 bits per heavy atom. The normalized spacial score (nSPS) is 18.8. The van der Waals surface area contributed by atoms with Crippen LogP contribution in [0.3, 0.4) is 0 Å². The third-order valence-corrected chi connectivity index (χ3v) is 6.97. The van der Waals surface area contributed by atoms with E-state index >= 15 is 0 Å². The lowest BCUT2D eigenvalue weighted by Gasteiger charge is -2.21. The first-order valence-electron chi connectivity index (χ1n) is 14.4. The summed E-state index contributed by atoms with van der Waals surface area (Å²) in [6.45, 7) is 2.32. The minimum Gasteiger partial charge on any atom is -0.464 e. The standard InChI is InChI=1S/C29H34N5O13/c1-16(35)44-14-20-23(45-17(2)36)24(46-18(3)37)27(47-20)33-9-6-8-19(12-33)28(40)43-11-7-10-42-21(38)13-34-26(39)22-25(30-15-31(22)4)32(5)29(34)41/h6,8-9,12,15,20,23-24,27H,7,10-11,13-14H2,1-5H3/q+1/t20-,23-,24-,27-/m1/s1. The molecule has 1 aliphatic rings. The fourth-order valence-electron chi connectivity index (χ4n) is 4.91. The van der Waals surface area contributed by atoms with Gasteiger partial charge in [-0.2, -0.15) is 4.57 Å². The lowest BCUT2D eigenvalue weighted by Crippen LogP contribution is -2.48. The maximum absolute atomic E-state index is 12.8. The first kappa shape index (κ1) is 34.5. The number of carbonyl (C=O) groups is 5. The molecule has 0 N–H and O–H groups in total. The first-order chi connectivity index (χ1) is 22.3. The summed E-state index contributed by atoms with van der Waals surface area (Å²) in [6.07, 6.45) is 0.0796. The monoisotopic (exact) mass is 660 g/mol. The van der Waals surface area contributed by atoms with Crippen LogP contribution in [0, 0.1) is 0 Å². The van der Waals surface area contributed by atoms with Gasteiger partial charge in [-0.1, -0.05) is 0 Å².